The molecular weight excluding hydrogens is 320 g/mol. The first kappa shape index (κ1) is 13.7. The molecule has 0 saturated carbocycles. The monoisotopic (exact) mass is 332 g/mol. The second-order valence-electron chi connectivity index (χ2n) is 5.27. The smallest absolute Gasteiger partial charge is 0.155 e. The lowest BCUT2D eigenvalue weighted by Crippen LogP contribution is -2.35. The van der Waals surface area contributed by atoms with Crippen LogP contribution in [-0.4, -0.2) is 15.9 Å². The summed E-state index contributed by atoms with van der Waals surface area (Å²) in [6.45, 7) is 0. The summed E-state index contributed by atoms with van der Waals surface area (Å²) >= 11 is 7.65. The topological polar surface area (TPSA) is 86.5 Å². The molecular formula is C15H13ClN4OS. The van der Waals surface area contributed by atoms with Crippen LogP contribution in [0.4, 0.5) is 5.69 Å². The van der Waals surface area contributed by atoms with Crippen LogP contribution in [0.1, 0.15) is 17.5 Å². The molecule has 0 amide bonds. The van der Waals surface area contributed by atoms with Crippen LogP contribution in [0, 0.1) is 0 Å². The third kappa shape index (κ3) is 1.94. The summed E-state index contributed by atoms with van der Waals surface area (Å²) < 4.78 is 5.96. The molecule has 1 spiro atoms. The van der Waals surface area contributed by atoms with E-state index in [1.165, 1.54) is 0 Å². The predicted octanol–water partition coefficient (Wildman–Crippen LogP) is 3.12. The van der Waals surface area contributed by atoms with E-state index in [4.69, 9.17) is 32.8 Å². The second kappa shape index (κ2) is 4.79. The maximum Gasteiger partial charge on any atom is 0.155 e. The molecule has 2 aliphatic heterocycles. The van der Waals surface area contributed by atoms with Gasteiger partial charge in [0.2, 0.25) is 0 Å². The average molecular weight is 333 g/mol. The van der Waals surface area contributed by atoms with Crippen LogP contribution >= 0.6 is 23.4 Å². The van der Waals surface area contributed by atoms with E-state index >= 15 is 0 Å². The minimum atomic E-state index is -0.611. The largest absolute Gasteiger partial charge is 0.455 e. The number of rotatable bonds is 0. The Morgan fingerprint density at radius 3 is 2.82 bits per heavy atom. The molecule has 22 heavy (non-hydrogen) atoms. The van der Waals surface area contributed by atoms with Crippen molar-refractivity contribution in [3.63, 3.8) is 0 Å². The molecule has 0 aliphatic carbocycles. The van der Waals surface area contributed by atoms with Crippen molar-refractivity contribution in [3.05, 3.63) is 46.7 Å². The third-order valence-electron chi connectivity index (χ3n) is 3.96. The van der Waals surface area contributed by atoms with Crippen molar-refractivity contribution < 1.29 is 4.74 Å². The van der Waals surface area contributed by atoms with Gasteiger partial charge in [0.25, 0.3) is 0 Å². The van der Waals surface area contributed by atoms with Gasteiger partial charge < -0.3 is 16.2 Å². The van der Waals surface area contributed by atoms with E-state index in [9.17, 15) is 0 Å². The fourth-order valence-corrected chi connectivity index (χ4v) is 4.00. The average Bonchev–Trinajstić information content (AvgIpc) is 2.49. The Morgan fingerprint density at radius 1 is 1.18 bits per heavy atom. The number of aromatic nitrogens is 1. The Labute approximate surface area is 136 Å². The van der Waals surface area contributed by atoms with Gasteiger partial charge in [-0.25, -0.2) is 9.98 Å². The normalized spacial score (nSPS) is 22.5. The van der Waals surface area contributed by atoms with Crippen LogP contribution in [0.5, 0.6) is 11.5 Å². The Hall–Kier alpha value is -1.92. The first-order valence-electron chi connectivity index (χ1n) is 6.80. The molecule has 2 aliphatic rings. The summed E-state index contributed by atoms with van der Waals surface area (Å²) in [5, 5.41) is 0.960. The third-order valence-corrected chi connectivity index (χ3v) is 4.97. The van der Waals surface area contributed by atoms with E-state index < -0.39 is 5.54 Å². The summed E-state index contributed by atoms with van der Waals surface area (Å²) in [7, 11) is 0. The van der Waals surface area contributed by atoms with Gasteiger partial charge in [-0.2, -0.15) is 0 Å². The number of benzene rings is 1. The molecule has 3 heterocycles. The molecule has 1 aromatic carbocycles. The number of thioether (sulfide) groups is 1. The number of fused-ring (bicyclic) bond motifs is 4. The molecule has 5 nitrogen and oxygen atoms in total. The Morgan fingerprint density at radius 2 is 2.00 bits per heavy atom. The zero-order valence-corrected chi connectivity index (χ0v) is 13.1. The van der Waals surface area contributed by atoms with Crippen molar-refractivity contribution in [2.45, 2.75) is 12.0 Å². The molecule has 2 aromatic rings. The van der Waals surface area contributed by atoms with Crippen LogP contribution in [-0.2, 0) is 5.54 Å². The number of anilines is 1. The highest BCUT2D eigenvalue weighted by molar-refractivity contribution is 8.13. The molecule has 4 rings (SSSR count). The predicted molar refractivity (Wildman–Crippen MR) is 89.7 cm³/mol. The van der Waals surface area contributed by atoms with Crippen molar-refractivity contribution in [2.75, 3.05) is 11.5 Å². The zero-order chi connectivity index (χ0) is 15.3. The van der Waals surface area contributed by atoms with Crippen molar-refractivity contribution in [1.29, 1.82) is 0 Å². The summed E-state index contributed by atoms with van der Waals surface area (Å²) in [4.78, 5) is 8.88. The maximum atomic E-state index is 6.10. The van der Waals surface area contributed by atoms with Gasteiger partial charge in [0.05, 0.1) is 6.20 Å². The molecule has 1 aromatic heterocycles. The van der Waals surface area contributed by atoms with Crippen LogP contribution < -0.4 is 16.2 Å². The number of amidine groups is 1. The quantitative estimate of drug-likeness (QED) is 0.571. The molecule has 7 heteroatoms. The van der Waals surface area contributed by atoms with Crippen molar-refractivity contribution in [2.24, 2.45) is 10.7 Å². The fraction of sp³-hybridized carbons (Fsp3) is 0.200. The Balaban J connectivity index is 2.05. The van der Waals surface area contributed by atoms with Crippen molar-refractivity contribution >= 4 is 34.2 Å². The van der Waals surface area contributed by atoms with Crippen LogP contribution in [0.3, 0.4) is 0 Å². The lowest BCUT2D eigenvalue weighted by molar-refractivity contribution is 0.389. The van der Waals surface area contributed by atoms with Crippen LogP contribution in [0.15, 0.2) is 35.5 Å². The van der Waals surface area contributed by atoms with E-state index in [1.54, 1.807) is 24.0 Å². The highest BCUT2D eigenvalue weighted by atomic mass is 35.5. The van der Waals surface area contributed by atoms with E-state index in [-0.39, 0.29) is 0 Å². The van der Waals surface area contributed by atoms with Crippen LogP contribution in [0.25, 0.3) is 0 Å². The SMILES string of the molecule is NC1=N[C@@]2(CCS1)c1cc(N)ccc1Oc1cnc(Cl)cc12. The number of pyridine rings is 1. The molecule has 4 N–H and O–H groups in total. The Kier molecular flexibility index (Phi) is 2.99. The van der Waals surface area contributed by atoms with Gasteiger partial charge in [-0.1, -0.05) is 23.4 Å². The van der Waals surface area contributed by atoms with Gasteiger partial charge in [-0.15, -0.1) is 0 Å². The molecule has 0 radical (unpaired) electrons. The number of halogens is 1. The molecule has 0 saturated heterocycles. The summed E-state index contributed by atoms with van der Waals surface area (Å²) in [5.74, 6) is 2.25. The Bertz CT molecular complexity index is 757. The van der Waals surface area contributed by atoms with Gasteiger partial charge in [-0.05, 0) is 30.7 Å². The fourth-order valence-electron chi connectivity index (χ4n) is 3.01. The molecule has 0 unspecified atom stereocenters. The maximum absolute atomic E-state index is 6.10. The minimum absolute atomic E-state index is 0.404. The van der Waals surface area contributed by atoms with E-state index in [1.807, 2.05) is 18.2 Å². The van der Waals surface area contributed by atoms with Crippen molar-refractivity contribution in [1.82, 2.24) is 4.98 Å². The lowest BCUT2D eigenvalue weighted by atomic mass is 9.79. The van der Waals surface area contributed by atoms with Gasteiger partial charge >= 0.3 is 0 Å². The molecule has 0 fully saturated rings. The lowest BCUT2D eigenvalue weighted by Gasteiger charge is -2.39. The van der Waals surface area contributed by atoms with E-state index in [2.05, 4.69) is 4.98 Å². The molecule has 0 bridgehead atoms. The second-order valence-corrected chi connectivity index (χ2v) is 6.77. The molecule has 1 atom stereocenters. The first-order chi connectivity index (χ1) is 10.6. The summed E-state index contributed by atoms with van der Waals surface area (Å²) in [6.07, 6.45) is 2.43. The number of ether oxygens (including phenoxy) is 1. The van der Waals surface area contributed by atoms with Gasteiger partial charge in [0.1, 0.15) is 16.4 Å². The number of hydrogen-bond donors (Lipinski definition) is 2. The molecule has 112 valence electrons. The van der Waals surface area contributed by atoms with E-state index in [0.717, 1.165) is 29.1 Å². The number of nitrogen functional groups attached to an aromatic ring is 1. The van der Waals surface area contributed by atoms with Crippen molar-refractivity contribution in [3.8, 4) is 11.5 Å². The minimum Gasteiger partial charge on any atom is -0.455 e. The standard InChI is InChI=1S/C15H13ClN4OS/c16-13-6-10-12(7-19-13)21-11-2-1-8(17)5-9(11)15(10)3-4-22-14(18)20-15/h1-2,5-7H,3-4,17H2,(H2,18,20)/t15-/m0/s1. The first-order valence-corrected chi connectivity index (χ1v) is 8.17. The number of nitrogens with two attached hydrogens (primary N) is 2. The van der Waals surface area contributed by atoms with Gasteiger partial charge in [0.15, 0.2) is 10.9 Å². The number of nitrogens with zero attached hydrogens (tertiary/aromatic N) is 2. The highest BCUT2D eigenvalue weighted by Crippen LogP contribution is 2.53. The highest BCUT2D eigenvalue weighted by Gasteiger charge is 2.44. The van der Waals surface area contributed by atoms with Gasteiger partial charge in [0, 0.05) is 22.6 Å². The number of aliphatic imine (C=N–C) groups is 1. The van der Waals surface area contributed by atoms with Crippen LogP contribution in [0.2, 0.25) is 5.15 Å². The van der Waals surface area contributed by atoms with Gasteiger partial charge in [-0.3, -0.25) is 0 Å². The zero-order valence-electron chi connectivity index (χ0n) is 11.5. The summed E-state index contributed by atoms with van der Waals surface area (Å²) in [6, 6.07) is 7.37. The number of hydrogen-bond acceptors (Lipinski definition) is 6. The summed E-state index contributed by atoms with van der Waals surface area (Å²) in [5.41, 5.74) is 13.9. The van der Waals surface area contributed by atoms with E-state index in [0.29, 0.717) is 21.8 Å².